The van der Waals surface area contributed by atoms with Gasteiger partial charge in [-0.1, -0.05) is 37.3 Å². The van der Waals surface area contributed by atoms with E-state index in [9.17, 15) is 4.79 Å². The highest BCUT2D eigenvalue weighted by Crippen LogP contribution is 2.16. The van der Waals surface area contributed by atoms with Crippen LogP contribution in [0.3, 0.4) is 0 Å². The Morgan fingerprint density at radius 3 is 2.68 bits per heavy atom. The number of amides is 1. The van der Waals surface area contributed by atoms with E-state index in [4.69, 9.17) is 0 Å². The molecule has 0 fully saturated rings. The number of hydrogen-bond donors (Lipinski definition) is 1. The number of carbonyl (C=O) groups excluding carboxylic acids is 1. The Bertz CT molecular complexity index is 770. The van der Waals surface area contributed by atoms with Crippen molar-refractivity contribution in [1.82, 2.24) is 19.9 Å². The number of carbonyl (C=O) groups is 1. The van der Waals surface area contributed by atoms with Crippen molar-refractivity contribution in [3.63, 3.8) is 0 Å². The second-order valence-corrected chi connectivity index (χ2v) is 6.61. The van der Waals surface area contributed by atoms with Crippen LogP contribution in [0.1, 0.15) is 46.4 Å². The number of aromatic nitrogens is 3. The van der Waals surface area contributed by atoms with Crippen molar-refractivity contribution >= 4 is 22.2 Å². The van der Waals surface area contributed by atoms with Gasteiger partial charge >= 0.3 is 0 Å². The summed E-state index contributed by atoms with van der Waals surface area (Å²) < 4.78 is 1.75. The maximum Gasteiger partial charge on any atom is 0.251 e. The largest absolute Gasteiger partial charge is 0.345 e. The molecule has 1 aromatic carbocycles. The molecule has 0 aliphatic rings. The first kappa shape index (κ1) is 14.7. The summed E-state index contributed by atoms with van der Waals surface area (Å²) in [5.74, 6) is 0.381. The molecule has 5 nitrogen and oxygen atoms in total. The van der Waals surface area contributed by atoms with E-state index in [1.54, 1.807) is 4.52 Å². The van der Waals surface area contributed by atoms with Crippen LogP contribution < -0.4 is 5.32 Å². The van der Waals surface area contributed by atoms with Gasteiger partial charge in [0.1, 0.15) is 5.01 Å². The predicted octanol–water partition coefficient (Wildman–Crippen LogP) is 3.15. The number of hydrogen-bond acceptors (Lipinski definition) is 4. The molecular weight excluding hydrogens is 296 g/mol. The zero-order valence-corrected chi connectivity index (χ0v) is 13.6. The zero-order chi connectivity index (χ0) is 15.7. The monoisotopic (exact) mass is 314 g/mol. The van der Waals surface area contributed by atoms with E-state index in [0.29, 0.717) is 18.0 Å². The van der Waals surface area contributed by atoms with Crippen molar-refractivity contribution in [1.29, 1.82) is 0 Å². The summed E-state index contributed by atoms with van der Waals surface area (Å²) in [5, 5.41) is 8.13. The van der Waals surface area contributed by atoms with E-state index >= 15 is 0 Å². The molecule has 1 N–H and O–H groups in total. The maximum absolute atomic E-state index is 12.2. The van der Waals surface area contributed by atoms with Gasteiger partial charge in [0, 0.05) is 5.56 Å². The number of nitrogens with one attached hydrogen (secondary N) is 1. The van der Waals surface area contributed by atoms with Crippen LogP contribution in [0.25, 0.3) is 4.96 Å². The van der Waals surface area contributed by atoms with Crippen LogP contribution in [-0.2, 0) is 6.54 Å². The molecule has 0 atom stereocenters. The summed E-state index contributed by atoms with van der Waals surface area (Å²) in [6.45, 7) is 6.62. The van der Waals surface area contributed by atoms with Crippen LogP contribution in [0, 0.1) is 6.92 Å². The standard InChI is InChI=1S/C16H18N4OS/c1-10(2)12-4-6-13(7-5-12)15(21)17-8-14-19-20-9-11(3)18-16(20)22-14/h4-7,9-10H,8H2,1-3H3,(H,17,21). The van der Waals surface area contributed by atoms with Crippen LogP contribution in [0.4, 0.5) is 0 Å². The molecule has 0 bridgehead atoms. The first-order chi connectivity index (χ1) is 10.5. The maximum atomic E-state index is 12.2. The minimum atomic E-state index is -0.0840. The Hall–Kier alpha value is -2.21. The molecule has 2 aromatic heterocycles. The van der Waals surface area contributed by atoms with Gasteiger partial charge in [-0.05, 0) is 30.5 Å². The lowest BCUT2D eigenvalue weighted by Gasteiger charge is -2.07. The molecule has 3 rings (SSSR count). The molecule has 0 aliphatic carbocycles. The number of fused-ring (bicyclic) bond motifs is 1. The van der Waals surface area contributed by atoms with Crippen LogP contribution in [0.2, 0.25) is 0 Å². The van der Waals surface area contributed by atoms with Crippen molar-refractivity contribution in [2.75, 3.05) is 0 Å². The van der Waals surface area contributed by atoms with Gasteiger partial charge < -0.3 is 5.32 Å². The van der Waals surface area contributed by atoms with Gasteiger partial charge in [0.25, 0.3) is 5.91 Å². The summed E-state index contributed by atoms with van der Waals surface area (Å²) >= 11 is 1.49. The van der Waals surface area contributed by atoms with Crippen LogP contribution in [-0.4, -0.2) is 20.5 Å². The molecule has 1 amide bonds. The van der Waals surface area contributed by atoms with Gasteiger partial charge in [-0.15, -0.1) is 0 Å². The number of benzene rings is 1. The summed E-state index contributed by atoms with van der Waals surface area (Å²) in [6.07, 6.45) is 1.88. The smallest absolute Gasteiger partial charge is 0.251 e. The summed E-state index contributed by atoms with van der Waals surface area (Å²) in [4.78, 5) is 17.4. The van der Waals surface area contributed by atoms with E-state index in [2.05, 4.69) is 29.2 Å². The molecule has 22 heavy (non-hydrogen) atoms. The highest BCUT2D eigenvalue weighted by atomic mass is 32.1. The highest BCUT2D eigenvalue weighted by molar-refractivity contribution is 7.16. The van der Waals surface area contributed by atoms with Gasteiger partial charge in [0.05, 0.1) is 18.4 Å². The van der Waals surface area contributed by atoms with Gasteiger partial charge in [0.2, 0.25) is 4.96 Å². The summed E-state index contributed by atoms with van der Waals surface area (Å²) in [5.41, 5.74) is 2.84. The topological polar surface area (TPSA) is 59.3 Å². The average Bonchev–Trinajstić information content (AvgIpc) is 3.01. The Balaban J connectivity index is 1.64. The van der Waals surface area contributed by atoms with Gasteiger partial charge in [0.15, 0.2) is 0 Å². The normalized spacial score (nSPS) is 11.3. The number of imidazole rings is 1. The number of nitrogens with zero attached hydrogens (tertiary/aromatic N) is 3. The fourth-order valence-corrected chi connectivity index (χ4v) is 3.06. The zero-order valence-electron chi connectivity index (χ0n) is 12.8. The second kappa shape index (κ2) is 5.88. The Kier molecular flexibility index (Phi) is 3.94. The molecule has 6 heteroatoms. The third kappa shape index (κ3) is 3.01. The minimum Gasteiger partial charge on any atom is -0.345 e. The molecule has 0 aliphatic heterocycles. The molecule has 0 spiro atoms. The lowest BCUT2D eigenvalue weighted by Crippen LogP contribution is -2.22. The third-order valence-corrected chi connectivity index (χ3v) is 4.37. The molecule has 0 radical (unpaired) electrons. The van der Waals surface area contributed by atoms with E-state index in [0.717, 1.165) is 15.7 Å². The minimum absolute atomic E-state index is 0.0840. The van der Waals surface area contributed by atoms with Crippen molar-refractivity contribution < 1.29 is 4.79 Å². The summed E-state index contributed by atoms with van der Waals surface area (Å²) in [6, 6.07) is 7.73. The molecule has 0 saturated carbocycles. The molecule has 0 saturated heterocycles. The quantitative estimate of drug-likeness (QED) is 0.805. The SMILES string of the molecule is Cc1cn2nc(CNC(=O)c3ccc(C(C)C)cc3)sc2n1. The van der Waals surface area contributed by atoms with Gasteiger partial charge in [-0.3, -0.25) is 4.79 Å². The fraction of sp³-hybridized carbons (Fsp3) is 0.312. The second-order valence-electron chi connectivity index (χ2n) is 5.56. The average molecular weight is 314 g/mol. The van der Waals surface area contributed by atoms with Gasteiger partial charge in [-0.2, -0.15) is 5.10 Å². The van der Waals surface area contributed by atoms with Crippen molar-refractivity contribution in [2.45, 2.75) is 33.2 Å². The highest BCUT2D eigenvalue weighted by Gasteiger charge is 2.10. The van der Waals surface area contributed by atoms with Gasteiger partial charge in [-0.25, -0.2) is 9.50 Å². The van der Waals surface area contributed by atoms with Crippen molar-refractivity contribution in [3.05, 3.63) is 52.3 Å². The van der Waals surface area contributed by atoms with E-state index in [1.165, 1.54) is 16.9 Å². The molecule has 3 aromatic rings. The Morgan fingerprint density at radius 2 is 2.05 bits per heavy atom. The van der Waals surface area contributed by atoms with E-state index in [-0.39, 0.29) is 5.91 Å². The summed E-state index contributed by atoms with van der Waals surface area (Å²) in [7, 11) is 0. The molecule has 0 unspecified atom stereocenters. The molecular formula is C16H18N4OS. The molecule has 2 heterocycles. The lowest BCUT2D eigenvalue weighted by atomic mass is 10.0. The van der Waals surface area contributed by atoms with E-state index < -0.39 is 0 Å². The fourth-order valence-electron chi connectivity index (χ4n) is 2.20. The third-order valence-electron chi connectivity index (χ3n) is 3.45. The van der Waals surface area contributed by atoms with Crippen molar-refractivity contribution in [2.24, 2.45) is 0 Å². The van der Waals surface area contributed by atoms with Crippen LogP contribution >= 0.6 is 11.3 Å². The Labute approximate surface area is 133 Å². The van der Waals surface area contributed by atoms with E-state index in [1.807, 2.05) is 37.4 Å². The Morgan fingerprint density at radius 1 is 1.32 bits per heavy atom. The number of rotatable bonds is 4. The first-order valence-corrected chi connectivity index (χ1v) is 8.04. The van der Waals surface area contributed by atoms with Crippen LogP contribution in [0.5, 0.6) is 0 Å². The molecule has 114 valence electrons. The first-order valence-electron chi connectivity index (χ1n) is 7.23. The predicted molar refractivity (Wildman–Crippen MR) is 87.3 cm³/mol. The number of aryl methyl sites for hydroxylation is 1. The lowest BCUT2D eigenvalue weighted by molar-refractivity contribution is 0.0950. The van der Waals surface area contributed by atoms with Crippen molar-refractivity contribution in [3.8, 4) is 0 Å². The van der Waals surface area contributed by atoms with Crippen LogP contribution in [0.15, 0.2) is 30.5 Å².